The molecule has 0 fully saturated rings. The van der Waals surface area contributed by atoms with Gasteiger partial charge >= 0.3 is 12.1 Å². The highest BCUT2D eigenvalue weighted by molar-refractivity contribution is 5.87. The first-order valence-corrected chi connectivity index (χ1v) is 5.95. The van der Waals surface area contributed by atoms with Crippen LogP contribution in [0.4, 0.5) is 19.0 Å². The van der Waals surface area contributed by atoms with E-state index in [2.05, 4.69) is 10.3 Å². The third-order valence-electron chi connectivity index (χ3n) is 2.73. The fourth-order valence-electron chi connectivity index (χ4n) is 1.71. The van der Waals surface area contributed by atoms with Gasteiger partial charge in [-0.1, -0.05) is 12.1 Å². The summed E-state index contributed by atoms with van der Waals surface area (Å²) in [5.74, 6) is -0.986. The smallest absolute Gasteiger partial charge is 0.416 e. The van der Waals surface area contributed by atoms with Crippen LogP contribution in [-0.2, 0) is 12.7 Å². The molecule has 0 aliphatic rings. The van der Waals surface area contributed by atoms with Crippen molar-refractivity contribution in [3.8, 4) is 0 Å². The Morgan fingerprint density at radius 1 is 1.24 bits per heavy atom. The number of aromatic nitrogens is 1. The molecular formula is C14H11F3N2O2. The summed E-state index contributed by atoms with van der Waals surface area (Å²) in [5.41, 5.74) is -0.0419. The number of carbonyl (C=O) groups is 1. The second-order valence-electron chi connectivity index (χ2n) is 4.29. The lowest BCUT2D eigenvalue weighted by molar-refractivity contribution is -0.137. The number of rotatable bonds is 4. The minimum Gasteiger partial charge on any atom is -0.478 e. The fraction of sp³-hybridized carbons (Fsp3) is 0.143. The van der Waals surface area contributed by atoms with Crippen LogP contribution in [0.25, 0.3) is 0 Å². The molecule has 0 aliphatic carbocycles. The summed E-state index contributed by atoms with van der Waals surface area (Å²) < 4.78 is 37.7. The van der Waals surface area contributed by atoms with Gasteiger partial charge in [-0.3, -0.25) is 0 Å². The number of nitrogens with zero attached hydrogens (tertiary/aromatic N) is 1. The average molecular weight is 296 g/mol. The highest BCUT2D eigenvalue weighted by Crippen LogP contribution is 2.29. The number of nitrogens with one attached hydrogen (secondary N) is 1. The Morgan fingerprint density at radius 3 is 2.67 bits per heavy atom. The van der Waals surface area contributed by atoms with Crippen molar-refractivity contribution in [3.05, 3.63) is 59.3 Å². The number of carboxylic acids is 1. The summed E-state index contributed by atoms with van der Waals surface area (Å²) >= 11 is 0. The maximum absolute atomic E-state index is 12.6. The van der Waals surface area contributed by atoms with Crippen molar-refractivity contribution in [2.24, 2.45) is 0 Å². The molecule has 2 aromatic rings. The van der Waals surface area contributed by atoms with Crippen molar-refractivity contribution in [1.29, 1.82) is 0 Å². The molecule has 7 heteroatoms. The van der Waals surface area contributed by atoms with Gasteiger partial charge < -0.3 is 10.4 Å². The van der Waals surface area contributed by atoms with Crippen LogP contribution in [0.2, 0.25) is 0 Å². The summed E-state index contributed by atoms with van der Waals surface area (Å²) in [7, 11) is 0. The molecule has 4 nitrogen and oxygen atoms in total. The molecule has 0 saturated heterocycles. The van der Waals surface area contributed by atoms with E-state index in [1.165, 1.54) is 12.1 Å². The SMILES string of the molecule is O=C(O)c1cccc(CNc2cc(C(F)(F)F)ccn2)c1. The monoisotopic (exact) mass is 296 g/mol. The first-order chi connectivity index (χ1) is 9.86. The Bertz CT molecular complexity index is 657. The number of pyridine rings is 1. The summed E-state index contributed by atoms with van der Waals surface area (Å²) in [6.07, 6.45) is -3.36. The highest BCUT2D eigenvalue weighted by atomic mass is 19.4. The molecule has 1 aromatic heterocycles. The summed E-state index contributed by atoms with van der Waals surface area (Å²) in [6, 6.07) is 7.92. The molecule has 0 saturated carbocycles. The van der Waals surface area contributed by atoms with E-state index in [-0.39, 0.29) is 17.9 Å². The van der Waals surface area contributed by atoms with Crippen LogP contribution in [0.1, 0.15) is 21.5 Å². The van der Waals surface area contributed by atoms with E-state index in [1.54, 1.807) is 12.1 Å². The number of anilines is 1. The molecule has 0 spiro atoms. The van der Waals surface area contributed by atoms with E-state index in [9.17, 15) is 18.0 Å². The largest absolute Gasteiger partial charge is 0.478 e. The predicted octanol–water partition coefficient (Wildman–Crippen LogP) is 3.41. The number of halogens is 3. The Labute approximate surface area is 118 Å². The molecule has 0 amide bonds. The zero-order valence-corrected chi connectivity index (χ0v) is 10.7. The fourth-order valence-corrected chi connectivity index (χ4v) is 1.71. The minimum absolute atomic E-state index is 0.0746. The Morgan fingerprint density at radius 2 is 2.00 bits per heavy atom. The Balaban J connectivity index is 2.10. The highest BCUT2D eigenvalue weighted by Gasteiger charge is 2.30. The van der Waals surface area contributed by atoms with Crippen LogP contribution in [0.3, 0.4) is 0 Å². The number of benzene rings is 1. The van der Waals surface area contributed by atoms with Gasteiger partial charge in [0.25, 0.3) is 0 Å². The van der Waals surface area contributed by atoms with Crippen LogP contribution in [0.5, 0.6) is 0 Å². The van der Waals surface area contributed by atoms with E-state index in [4.69, 9.17) is 5.11 Å². The Kier molecular flexibility index (Phi) is 4.11. The summed E-state index contributed by atoms with van der Waals surface area (Å²) in [5, 5.41) is 11.6. The van der Waals surface area contributed by atoms with Crippen molar-refractivity contribution in [3.63, 3.8) is 0 Å². The van der Waals surface area contributed by atoms with E-state index in [0.29, 0.717) is 5.56 Å². The number of aromatic carboxylic acids is 1. The number of carboxylic acid groups (broad SMARTS) is 1. The molecule has 0 unspecified atom stereocenters. The molecule has 1 aromatic carbocycles. The second kappa shape index (κ2) is 5.82. The van der Waals surface area contributed by atoms with Gasteiger partial charge in [0.15, 0.2) is 0 Å². The lowest BCUT2D eigenvalue weighted by Gasteiger charge is -2.10. The topological polar surface area (TPSA) is 62.2 Å². The predicted molar refractivity (Wildman–Crippen MR) is 70.0 cm³/mol. The van der Waals surface area contributed by atoms with Crippen molar-refractivity contribution >= 4 is 11.8 Å². The molecule has 21 heavy (non-hydrogen) atoms. The first-order valence-electron chi connectivity index (χ1n) is 5.95. The van der Waals surface area contributed by atoms with Gasteiger partial charge in [-0.25, -0.2) is 9.78 Å². The number of alkyl halides is 3. The summed E-state index contributed by atoms with van der Waals surface area (Å²) in [4.78, 5) is 14.6. The van der Waals surface area contributed by atoms with Crippen LogP contribution in [-0.4, -0.2) is 16.1 Å². The molecular weight excluding hydrogens is 285 g/mol. The first kappa shape index (κ1) is 14.8. The van der Waals surface area contributed by atoms with Gasteiger partial charge in [-0.15, -0.1) is 0 Å². The Hall–Kier alpha value is -2.57. The molecule has 1 heterocycles. The molecule has 0 atom stereocenters. The molecule has 2 rings (SSSR count). The van der Waals surface area contributed by atoms with Crippen LogP contribution >= 0.6 is 0 Å². The zero-order chi connectivity index (χ0) is 15.5. The normalized spacial score (nSPS) is 11.2. The van der Waals surface area contributed by atoms with Crippen molar-refractivity contribution < 1.29 is 23.1 Å². The van der Waals surface area contributed by atoms with Gasteiger partial charge in [-0.2, -0.15) is 13.2 Å². The number of hydrogen-bond acceptors (Lipinski definition) is 3. The van der Waals surface area contributed by atoms with Crippen LogP contribution < -0.4 is 5.32 Å². The molecule has 0 radical (unpaired) electrons. The van der Waals surface area contributed by atoms with Gasteiger partial charge in [0.05, 0.1) is 11.1 Å². The van der Waals surface area contributed by atoms with Crippen molar-refractivity contribution in [1.82, 2.24) is 4.98 Å². The second-order valence-corrected chi connectivity index (χ2v) is 4.29. The van der Waals surface area contributed by atoms with E-state index in [1.807, 2.05) is 0 Å². The minimum atomic E-state index is -4.43. The van der Waals surface area contributed by atoms with E-state index < -0.39 is 17.7 Å². The molecule has 2 N–H and O–H groups in total. The third kappa shape index (κ3) is 3.95. The van der Waals surface area contributed by atoms with Crippen LogP contribution in [0, 0.1) is 0 Å². The lowest BCUT2D eigenvalue weighted by atomic mass is 10.1. The molecule has 110 valence electrons. The quantitative estimate of drug-likeness (QED) is 0.907. The van der Waals surface area contributed by atoms with Gasteiger partial charge in [-0.05, 0) is 29.8 Å². The van der Waals surface area contributed by atoms with Gasteiger partial charge in [0.2, 0.25) is 0 Å². The maximum atomic E-state index is 12.6. The third-order valence-corrected chi connectivity index (χ3v) is 2.73. The molecule has 0 bridgehead atoms. The van der Waals surface area contributed by atoms with Gasteiger partial charge in [0.1, 0.15) is 5.82 Å². The lowest BCUT2D eigenvalue weighted by Crippen LogP contribution is -2.08. The van der Waals surface area contributed by atoms with E-state index in [0.717, 1.165) is 18.3 Å². The van der Waals surface area contributed by atoms with Gasteiger partial charge in [0, 0.05) is 12.7 Å². The number of hydrogen-bond donors (Lipinski definition) is 2. The molecule has 0 aliphatic heterocycles. The van der Waals surface area contributed by atoms with Crippen molar-refractivity contribution in [2.75, 3.05) is 5.32 Å². The zero-order valence-electron chi connectivity index (χ0n) is 10.7. The average Bonchev–Trinajstić information content (AvgIpc) is 2.45. The standard InChI is InChI=1S/C14H11F3N2O2/c15-14(16,17)11-4-5-18-12(7-11)19-8-9-2-1-3-10(6-9)13(20)21/h1-7H,8H2,(H,18,19)(H,20,21). The van der Waals surface area contributed by atoms with Crippen LogP contribution in [0.15, 0.2) is 42.6 Å². The van der Waals surface area contributed by atoms with E-state index >= 15 is 0 Å². The van der Waals surface area contributed by atoms with Crippen molar-refractivity contribution in [2.45, 2.75) is 12.7 Å². The summed E-state index contributed by atoms with van der Waals surface area (Å²) in [6.45, 7) is 0.176. The maximum Gasteiger partial charge on any atom is 0.416 e.